The Labute approximate surface area is 98.9 Å². The summed E-state index contributed by atoms with van der Waals surface area (Å²) in [5.41, 5.74) is -0.812. The highest BCUT2D eigenvalue weighted by atomic mass is 32.2. The fraction of sp³-hybridized carbons (Fsp3) is 0.889. The van der Waals surface area contributed by atoms with Gasteiger partial charge in [-0.2, -0.15) is 17.2 Å². The number of alkyl halides is 2. The van der Waals surface area contributed by atoms with Gasteiger partial charge >= 0.3 is 21.3 Å². The molecule has 0 unspecified atom stereocenters. The van der Waals surface area contributed by atoms with E-state index in [1.807, 2.05) is 0 Å². The fourth-order valence-electron chi connectivity index (χ4n) is 0.731. The zero-order chi connectivity index (χ0) is 13.9. The summed E-state index contributed by atoms with van der Waals surface area (Å²) in [6.45, 7) is 4.12. The Morgan fingerprint density at radius 3 is 2.18 bits per heavy atom. The molecule has 17 heavy (non-hydrogen) atoms. The lowest BCUT2D eigenvalue weighted by Crippen LogP contribution is -2.32. The standard InChI is InChI=1S/C9H16F2O5S/c1-4-8(2,3)7(12)16-6-5-9(10,11)17(13,14)15/h4-6H2,1-3H3,(H,13,14,15). The van der Waals surface area contributed by atoms with Crippen LogP contribution in [0.4, 0.5) is 8.78 Å². The SMILES string of the molecule is CCC(C)(C)C(=O)OCCC(F)(F)S(=O)(=O)O. The van der Waals surface area contributed by atoms with E-state index in [0.717, 1.165) is 0 Å². The van der Waals surface area contributed by atoms with Crippen LogP contribution in [0, 0.1) is 5.41 Å². The first-order chi connectivity index (χ1) is 7.44. The van der Waals surface area contributed by atoms with Crippen molar-refractivity contribution in [2.24, 2.45) is 5.41 Å². The van der Waals surface area contributed by atoms with Crippen molar-refractivity contribution in [2.75, 3.05) is 6.61 Å². The Bertz CT molecular complexity index is 375. The molecule has 0 aliphatic heterocycles. The van der Waals surface area contributed by atoms with Crippen LogP contribution in [0.25, 0.3) is 0 Å². The maximum atomic E-state index is 12.7. The number of esters is 1. The van der Waals surface area contributed by atoms with Crippen molar-refractivity contribution in [1.82, 2.24) is 0 Å². The van der Waals surface area contributed by atoms with Gasteiger partial charge in [-0.1, -0.05) is 6.92 Å². The van der Waals surface area contributed by atoms with Crippen molar-refractivity contribution in [3.63, 3.8) is 0 Å². The predicted molar refractivity (Wildman–Crippen MR) is 56.1 cm³/mol. The molecular formula is C9H16F2O5S. The van der Waals surface area contributed by atoms with Gasteiger partial charge in [0.05, 0.1) is 18.4 Å². The smallest absolute Gasteiger partial charge is 0.373 e. The highest BCUT2D eigenvalue weighted by molar-refractivity contribution is 7.86. The summed E-state index contributed by atoms with van der Waals surface area (Å²) in [6.07, 6.45) is -0.808. The van der Waals surface area contributed by atoms with Crippen LogP contribution in [0.5, 0.6) is 0 Å². The molecule has 0 aromatic carbocycles. The maximum Gasteiger partial charge on any atom is 0.373 e. The average Bonchev–Trinajstić information content (AvgIpc) is 2.15. The summed E-state index contributed by atoms with van der Waals surface area (Å²) in [6, 6.07) is 0. The summed E-state index contributed by atoms with van der Waals surface area (Å²) < 4.78 is 58.7. The number of rotatable bonds is 6. The van der Waals surface area contributed by atoms with Crippen LogP contribution >= 0.6 is 0 Å². The monoisotopic (exact) mass is 274 g/mol. The summed E-state index contributed by atoms with van der Waals surface area (Å²) in [4.78, 5) is 11.4. The second-order valence-electron chi connectivity index (χ2n) is 4.24. The lowest BCUT2D eigenvalue weighted by molar-refractivity contribution is -0.155. The van der Waals surface area contributed by atoms with Crippen molar-refractivity contribution in [3.05, 3.63) is 0 Å². The van der Waals surface area contributed by atoms with E-state index in [4.69, 9.17) is 4.55 Å². The molecule has 0 aromatic heterocycles. The van der Waals surface area contributed by atoms with E-state index < -0.39 is 39.8 Å². The molecule has 102 valence electrons. The number of halogens is 2. The lowest BCUT2D eigenvalue weighted by atomic mass is 9.91. The van der Waals surface area contributed by atoms with Gasteiger partial charge in [0.2, 0.25) is 0 Å². The highest BCUT2D eigenvalue weighted by Gasteiger charge is 2.44. The van der Waals surface area contributed by atoms with Crippen molar-refractivity contribution in [2.45, 2.75) is 38.9 Å². The third-order valence-corrected chi connectivity index (χ3v) is 3.40. The first kappa shape index (κ1) is 16.2. The van der Waals surface area contributed by atoms with Gasteiger partial charge in [0, 0.05) is 0 Å². The second kappa shape index (κ2) is 5.26. The van der Waals surface area contributed by atoms with Crippen LogP contribution in [0.1, 0.15) is 33.6 Å². The molecule has 0 heterocycles. The molecule has 0 aliphatic carbocycles. The number of hydrogen-bond acceptors (Lipinski definition) is 4. The van der Waals surface area contributed by atoms with E-state index >= 15 is 0 Å². The summed E-state index contributed by atoms with van der Waals surface area (Å²) in [7, 11) is -5.47. The molecule has 5 nitrogen and oxygen atoms in total. The van der Waals surface area contributed by atoms with Gasteiger partial charge in [-0.05, 0) is 20.3 Å². The normalized spacial score (nSPS) is 13.5. The summed E-state index contributed by atoms with van der Waals surface area (Å²) in [5.74, 6) is -0.689. The highest BCUT2D eigenvalue weighted by Crippen LogP contribution is 2.26. The van der Waals surface area contributed by atoms with E-state index in [2.05, 4.69) is 4.74 Å². The third kappa shape index (κ3) is 4.55. The van der Waals surface area contributed by atoms with E-state index in [1.165, 1.54) is 0 Å². The fourth-order valence-corrected chi connectivity index (χ4v) is 1.07. The molecule has 8 heteroatoms. The van der Waals surface area contributed by atoms with Gasteiger partial charge in [0.25, 0.3) is 0 Å². The molecule has 0 fully saturated rings. The molecule has 0 saturated carbocycles. The van der Waals surface area contributed by atoms with Gasteiger partial charge in [0.15, 0.2) is 0 Å². The summed E-state index contributed by atoms with van der Waals surface area (Å²) >= 11 is 0. The van der Waals surface area contributed by atoms with Gasteiger partial charge in [-0.25, -0.2) is 0 Å². The van der Waals surface area contributed by atoms with E-state index in [1.54, 1.807) is 20.8 Å². The Balaban J connectivity index is 4.32. The molecule has 0 bridgehead atoms. The minimum absolute atomic E-state index is 0.459. The molecule has 0 saturated heterocycles. The van der Waals surface area contributed by atoms with E-state index in [-0.39, 0.29) is 0 Å². The van der Waals surface area contributed by atoms with Crippen LogP contribution in [-0.4, -0.2) is 30.8 Å². The first-order valence-electron chi connectivity index (χ1n) is 4.96. The number of carbonyl (C=O) groups is 1. The molecule has 0 rings (SSSR count). The lowest BCUT2D eigenvalue weighted by Gasteiger charge is -2.21. The van der Waals surface area contributed by atoms with Gasteiger partial charge < -0.3 is 4.74 Å². The number of hydrogen-bond donors (Lipinski definition) is 1. The Kier molecular flexibility index (Phi) is 5.02. The average molecular weight is 274 g/mol. The van der Waals surface area contributed by atoms with Gasteiger partial charge in [-0.15, -0.1) is 0 Å². The molecule has 0 radical (unpaired) electrons. The minimum atomic E-state index is -5.47. The van der Waals surface area contributed by atoms with Crippen molar-refractivity contribution in [1.29, 1.82) is 0 Å². The van der Waals surface area contributed by atoms with Crippen LogP contribution < -0.4 is 0 Å². The third-order valence-electron chi connectivity index (χ3n) is 2.44. The molecule has 1 N–H and O–H groups in total. The van der Waals surface area contributed by atoms with Crippen molar-refractivity contribution in [3.8, 4) is 0 Å². The first-order valence-corrected chi connectivity index (χ1v) is 6.40. The quantitative estimate of drug-likeness (QED) is 0.590. The van der Waals surface area contributed by atoms with E-state index in [0.29, 0.717) is 6.42 Å². The van der Waals surface area contributed by atoms with Crippen molar-refractivity contribution < 1.29 is 31.3 Å². The Hall–Kier alpha value is -0.760. The Morgan fingerprint density at radius 1 is 1.35 bits per heavy atom. The molecule has 0 amide bonds. The predicted octanol–water partition coefficient (Wildman–Crippen LogP) is 1.84. The number of carbonyl (C=O) groups excluding carboxylic acids is 1. The van der Waals surface area contributed by atoms with Gasteiger partial charge in [0.1, 0.15) is 0 Å². The minimum Gasteiger partial charge on any atom is -0.465 e. The van der Waals surface area contributed by atoms with Crippen LogP contribution in [0.15, 0.2) is 0 Å². The van der Waals surface area contributed by atoms with Crippen LogP contribution in [0.3, 0.4) is 0 Å². The topological polar surface area (TPSA) is 80.7 Å². The molecule has 0 atom stereocenters. The molecule has 0 spiro atoms. The maximum absolute atomic E-state index is 12.7. The molecule has 0 aromatic rings. The van der Waals surface area contributed by atoms with Gasteiger partial charge in [-0.3, -0.25) is 9.35 Å². The summed E-state index contributed by atoms with van der Waals surface area (Å²) in [5, 5.41) is -4.30. The second-order valence-corrected chi connectivity index (χ2v) is 5.78. The number of ether oxygens (including phenoxy) is 1. The Morgan fingerprint density at radius 2 is 1.82 bits per heavy atom. The molecular weight excluding hydrogens is 258 g/mol. The largest absolute Gasteiger partial charge is 0.465 e. The zero-order valence-electron chi connectivity index (χ0n) is 9.87. The molecule has 0 aliphatic rings. The van der Waals surface area contributed by atoms with Crippen LogP contribution in [-0.2, 0) is 19.6 Å². The van der Waals surface area contributed by atoms with Crippen LogP contribution in [0.2, 0.25) is 0 Å². The van der Waals surface area contributed by atoms with Crippen molar-refractivity contribution >= 4 is 16.1 Å². The van der Waals surface area contributed by atoms with E-state index in [9.17, 15) is 22.0 Å². The zero-order valence-corrected chi connectivity index (χ0v) is 10.7.